The van der Waals surface area contributed by atoms with Gasteiger partial charge >= 0.3 is 0 Å². The standard InChI is InChI=1S/C22H26FN3O4S/c1-14-10-15(2)13-26(12-14)31(29,30)19-7-4-17(5-8-19)22(28)25-21-11-18(24-16(3)27)6-9-20(21)23/h4-9,11,14-15H,10,12-13H2,1-3H3,(H,24,27)(H,25,28). The van der Waals surface area contributed by atoms with Crippen molar-refractivity contribution in [3.8, 4) is 0 Å². The fraction of sp³-hybridized carbons (Fsp3) is 0.364. The van der Waals surface area contributed by atoms with Crippen molar-refractivity contribution in [3.63, 3.8) is 0 Å². The number of nitrogens with zero attached hydrogens (tertiary/aromatic N) is 1. The monoisotopic (exact) mass is 447 g/mol. The molecule has 1 saturated heterocycles. The number of anilines is 2. The van der Waals surface area contributed by atoms with E-state index < -0.39 is 21.7 Å². The lowest BCUT2D eigenvalue weighted by Crippen LogP contribution is -2.42. The highest BCUT2D eigenvalue weighted by molar-refractivity contribution is 7.89. The Morgan fingerprint density at radius 3 is 2.19 bits per heavy atom. The molecule has 1 aliphatic rings. The van der Waals surface area contributed by atoms with Gasteiger partial charge in [-0.1, -0.05) is 13.8 Å². The van der Waals surface area contributed by atoms with E-state index in [1.54, 1.807) is 0 Å². The van der Waals surface area contributed by atoms with Crippen molar-refractivity contribution < 1.29 is 22.4 Å². The van der Waals surface area contributed by atoms with Gasteiger partial charge in [-0.15, -0.1) is 0 Å². The van der Waals surface area contributed by atoms with Crippen molar-refractivity contribution in [2.45, 2.75) is 32.1 Å². The summed E-state index contributed by atoms with van der Waals surface area (Å²) in [5, 5.41) is 4.97. The molecule has 166 valence electrons. The number of halogens is 1. The molecule has 2 unspecified atom stereocenters. The number of benzene rings is 2. The van der Waals surface area contributed by atoms with Gasteiger partial charge in [0.1, 0.15) is 5.82 Å². The number of carbonyl (C=O) groups excluding carboxylic acids is 2. The third-order valence-corrected chi connectivity index (χ3v) is 6.97. The maximum absolute atomic E-state index is 14.1. The minimum absolute atomic E-state index is 0.0933. The van der Waals surface area contributed by atoms with Crippen LogP contribution in [-0.2, 0) is 14.8 Å². The van der Waals surface area contributed by atoms with Crippen molar-refractivity contribution in [2.24, 2.45) is 11.8 Å². The van der Waals surface area contributed by atoms with E-state index in [0.717, 1.165) is 12.5 Å². The first-order chi connectivity index (χ1) is 14.6. The molecule has 2 amide bonds. The molecule has 2 aromatic rings. The number of sulfonamides is 1. The average molecular weight is 448 g/mol. The molecule has 2 atom stereocenters. The van der Waals surface area contributed by atoms with Crippen LogP contribution in [0.5, 0.6) is 0 Å². The molecule has 0 spiro atoms. The lowest BCUT2D eigenvalue weighted by molar-refractivity contribution is -0.114. The summed E-state index contributed by atoms with van der Waals surface area (Å²) in [6.45, 7) is 6.33. The molecule has 0 bridgehead atoms. The first-order valence-electron chi connectivity index (χ1n) is 10.0. The van der Waals surface area contributed by atoms with Gasteiger partial charge in [0.2, 0.25) is 15.9 Å². The SMILES string of the molecule is CC(=O)Nc1ccc(F)c(NC(=O)c2ccc(S(=O)(=O)N3CC(C)CC(C)C3)cc2)c1. The molecule has 3 rings (SSSR count). The van der Waals surface area contributed by atoms with Gasteiger partial charge in [-0.2, -0.15) is 4.31 Å². The highest BCUT2D eigenvalue weighted by atomic mass is 32.2. The molecule has 1 fully saturated rings. The van der Waals surface area contributed by atoms with Crippen LogP contribution in [-0.4, -0.2) is 37.6 Å². The molecule has 2 aromatic carbocycles. The third kappa shape index (κ3) is 5.48. The summed E-state index contributed by atoms with van der Waals surface area (Å²) in [5.41, 5.74) is 0.434. The van der Waals surface area contributed by atoms with Crippen LogP contribution in [0.4, 0.5) is 15.8 Å². The van der Waals surface area contributed by atoms with Gasteiger partial charge in [0.15, 0.2) is 0 Å². The molecule has 1 aliphatic heterocycles. The lowest BCUT2D eigenvalue weighted by Gasteiger charge is -2.34. The molecular formula is C22H26FN3O4S. The largest absolute Gasteiger partial charge is 0.326 e. The number of hydrogen-bond acceptors (Lipinski definition) is 4. The Hall–Kier alpha value is -2.78. The van der Waals surface area contributed by atoms with Crippen molar-refractivity contribution in [1.82, 2.24) is 4.31 Å². The zero-order valence-corrected chi connectivity index (χ0v) is 18.5. The van der Waals surface area contributed by atoms with E-state index in [0.29, 0.717) is 18.8 Å². The Balaban J connectivity index is 1.75. The molecule has 0 radical (unpaired) electrons. The summed E-state index contributed by atoms with van der Waals surface area (Å²) in [7, 11) is -3.65. The van der Waals surface area contributed by atoms with Crippen LogP contribution in [0, 0.1) is 17.7 Å². The van der Waals surface area contributed by atoms with Crippen molar-refractivity contribution in [3.05, 3.63) is 53.8 Å². The molecule has 0 aromatic heterocycles. The van der Waals surface area contributed by atoms with E-state index in [4.69, 9.17) is 0 Å². The second-order valence-corrected chi connectivity index (χ2v) is 10.1. The van der Waals surface area contributed by atoms with Crippen LogP contribution in [0.2, 0.25) is 0 Å². The first kappa shape index (κ1) is 22.9. The summed E-state index contributed by atoms with van der Waals surface area (Å²) < 4.78 is 41.5. The van der Waals surface area contributed by atoms with Crippen molar-refractivity contribution >= 4 is 33.2 Å². The molecule has 31 heavy (non-hydrogen) atoms. The average Bonchev–Trinajstić information content (AvgIpc) is 2.69. The predicted octanol–water partition coefficient (Wildman–Crippen LogP) is 3.70. The summed E-state index contributed by atoms with van der Waals surface area (Å²) in [6.07, 6.45) is 0.991. The number of hydrogen-bond donors (Lipinski definition) is 2. The van der Waals surface area contributed by atoms with Gasteiger partial charge in [-0.05, 0) is 60.7 Å². The third-order valence-electron chi connectivity index (χ3n) is 5.12. The lowest BCUT2D eigenvalue weighted by atomic mass is 9.94. The normalized spacial score (nSPS) is 19.6. The van der Waals surface area contributed by atoms with E-state index >= 15 is 0 Å². The van der Waals surface area contributed by atoms with Gasteiger partial charge < -0.3 is 10.6 Å². The maximum atomic E-state index is 14.1. The van der Waals surface area contributed by atoms with E-state index in [1.165, 1.54) is 47.6 Å². The first-order valence-corrected chi connectivity index (χ1v) is 11.5. The zero-order valence-electron chi connectivity index (χ0n) is 17.7. The Morgan fingerprint density at radius 2 is 1.61 bits per heavy atom. The van der Waals surface area contributed by atoms with Crippen molar-refractivity contribution in [2.75, 3.05) is 23.7 Å². The number of carbonyl (C=O) groups is 2. The maximum Gasteiger partial charge on any atom is 0.255 e. The molecule has 7 nitrogen and oxygen atoms in total. The number of rotatable bonds is 5. The van der Waals surface area contributed by atoms with Gasteiger partial charge in [0.25, 0.3) is 5.91 Å². The highest BCUT2D eigenvalue weighted by Crippen LogP contribution is 2.27. The zero-order chi connectivity index (χ0) is 22.8. The fourth-order valence-electron chi connectivity index (χ4n) is 3.83. The summed E-state index contributed by atoms with van der Waals surface area (Å²) in [4.78, 5) is 23.8. The number of piperidine rings is 1. The topological polar surface area (TPSA) is 95.6 Å². The summed E-state index contributed by atoms with van der Waals surface area (Å²) in [6, 6.07) is 9.40. The molecule has 1 heterocycles. The molecular weight excluding hydrogens is 421 g/mol. The Bertz CT molecular complexity index is 1080. The summed E-state index contributed by atoms with van der Waals surface area (Å²) >= 11 is 0. The predicted molar refractivity (Wildman–Crippen MR) is 117 cm³/mol. The molecule has 0 saturated carbocycles. The Labute approximate surface area is 181 Å². The van der Waals surface area contributed by atoms with Crippen LogP contribution in [0.3, 0.4) is 0 Å². The Morgan fingerprint density at radius 1 is 1.00 bits per heavy atom. The van der Waals surface area contributed by atoms with Crippen LogP contribution in [0.25, 0.3) is 0 Å². The van der Waals surface area contributed by atoms with Gasteiger partial charge in [0.05, 0.1) is 10.6 Å². The van der Waals surface area contributed by atoms with Crippen LogP contribution >= 0.6 is 0 Å². The molecule has 0 aliphatic carbocycles. The van der Waals surface area contributed by atoms with E-state index in [1.807, 2.05) is 13.8 Å². The summed E-state index contributed by atoms with van der Waals surface area (Å²) in [5.74, 6) is -1.00. The van der Waals surface area contributed by atoms with Gasteiger partial charge in [-0.25, -0.2) is 12.8 Å². The van der Waals surface area contributed by atoms with Crippen LogP contribution < -0.4 is 10.6 Å². The van der Waals surface area contributed by atoms with Crippen LogP contribution in [0.1, 0.15) is 37.6 Å². The van der Waals surface area contributed by atoms with Crippen LogP contribution in [0.15, 0.2) is 47.4 Å². The van der Waals surface area contributed by atoms with E-state index in [9.17, 15) is 22.4 Å². The van der Waals surface area contributed by atoms with E-state index in [2.05, 4.69) is 10.6 Å². The second kappa shape index (κ2) is 9.15. The quantitative estimate of drug-likeness (QED) is 0.731. The molecule has 9 heteroatoms. The smallest absolute Gasteiger partial charge is 0.255 e. The van der Waals surface area contributed by atoms with Gasteiger partial charge in [0, 0.05) is 31.3 Å². The Kier molecular flexibility index (Phi) is 6.76. The highest BCUT2D eigenvalue weighted by Gasteiger charge is 2.31. The van der Waals surface area contributed by atoms with E-state index in [-0.39, 0.29) is 33.9 Å². The number of nitrogens with one attached hydrogen (secondary N) is 2. The fourth-order valence-corrected chi connectivity index (χ4v) is 5.51. The van der Waals surface area contributed by atoms with Gasteiger partial charge in [-0.3, -0.25) is 9.59 Å². The molecule has 2 N–H and O–H groups in total. The number of amides is 2. The second-order valence-electron chi connectivity index (χ2n) is 8.12. The minimum Gasteiger partial charge on any atom is -0.326 e. The van der Waals surface area contributed by atoms with Crippen molar-refractivity contribution in [1.29, 1.82) is 0 Å². The minimum atomic E-state index is -3.65.